The van der Waals surface area contributed by atoms with Crippen LogP contribution in [0.15, 0.2) is 22.8 Å². The Kier molecular flexibility index (Phi) is 8.35. The molecule has 0 saturated carbocycles. The summed E-state index contributed by atoms with van der Waals surface area (Å²) in [7, 11) is 0. The molecule has 0 unspecified atom stereocenters. The Balaban J connectivity index is 0.000000225. The number of hydrogen-bond donors (Lipinski definition) is 3. The van der Waals surface area contributed by atoms with Gasteiger partial charge in [-0.2, -0.15) is 0 Å². The number of hydrogen-bond acceptors (Lipinski definition) is 2. The molecule has 1 heterocycles. The Labute approximate surface area is 143 Å². The molecule has 2 rings (SSSR count). The van der Waals surface area contributed by atoms with E-state index in [1.165, 1.54) is 25.5 Å². The second kappa shape index (κ2) is 9.74. The van der Waals surface area contributed by atoms with Crippen LogP contribution in [0.3, 0.4) is 0 Å². The van der Waals surface area contributed by atoms with E-state index in [1.807, 2.05) is 12.1 Å². The highest BCUT2D eigenvalue weighted by atomic mass is 79.9. The zero-order valence-corrected chi connectivity index (χ0v) is 14.9. The van der Waals surface area contributed by atoms with Gasteiger partial charge in [-0.15, -0.1) is 0 Å². The van der Waals surface area contributed by atoms with Crippen LogP contribution in [0.5, 0.6) is 5.75 Å². The Morgan fingerprint density at radius 2 is 1.95 bits per heavy atom. The van der Waals surface area contributed by atoms with Crippen molar-refractivity contribution in [1.29, 1.82) is 0 Å². The van der Waals surface area contributed by atoms with E-state index in [0.29, 0.717) is 16.8 Å². The summed E-state index contributed by atoms with van der Waals surface area (Å²) in [5.41, 5.74) is 0.834. The number of rotatable bonds is 6. The number of benzene rings is 1. The molecular weight excluding hydrogens is 370 g/mol. The predicted octanol–water partition coefficient (Wildman–Crippen LogP) is 5.72. The van der Waals surface area contributed by atoms with E-state index in [1.54, 1.807) is 0 Å². The van der Waals surface area contributed by atoms with Gasteiger partial charge in [0.25, 0.3) is 0 Å². The van der Waals surface area contributed by atoms with Gasteiger partial charge in [0.1, 0.15) is 5.75 Å². The summed E-state index contributed by atoms with van der Waals surface area (Å²) in [5.74, 6) is -0.493. The van der Waals surface area contributed by atoms with Crippen LogP contribution in [0, 0.1) is 0 Å². The Bertz CT molecular complexity index is 613. The van der Waals surface area contributed by atoms with Crippen LogP contribution < -0.4 is 0 Å². The van der Waals surface area contributed by atoms with Crippen LogP contribution >= 0.6 is 27.5 Å². The normalized spacial score (nSPS) is 10.3. The fourth-order valence-electron chi connectivity index (χ4n) is 2.02. The SMILES string of the molecule is CCCCCCCC(=O)O.Oc1c[nH]c2ccc(Br)c(Cl)c12. The van der Waals surface area contributed by atoms with E-state index in [9.17, 15) is 9.90 Å². The Hall–Kier alpha value is -1.20. The van der Waals surface area contributed by atoms with Crippen LogP contribution in [-0.2, 0) is 4.79 Å². The zero-order chi connectivity index (χ0) is 16.5. The average molecular weight is 391 g/mol. The summed E-state index contributed by atoms with van der Waals surface area (Å²) in [5, 5.41) is 18.8. The van der Waals surface area contributed by atoms with E-state index in [0.717, 1.165) is 22.8 Å². The minimum Gasteiger partial charge on any atom is -0.506 e. The molecule has 0 aliphatic rings. The van der Waals surface area contributed by atoms with Crippen LogP contribution in [-0.4, -0.2) is 21.2 Å². The fourth-order valence-corrected chi connectivity index (χ4v) is 2.61. The van der Waals surface area contributed by atoms with Gasteiger partial charge in [-0.05, 0) is 34.5 Å². The van der Waals surface area contributed by atoms with E-state index in [4.69, 9.17) is 16.7 Å². The molecule has 3 N–H and O–H groups in total. The molecule has 22 heavy (non-hydrogen) atoms. The van der Waals surface area contributed by atoms with Crippen LogP contribution in [0.1, 0.15) is 45.4 Å². The van der Waals surface area contributed by atoms with Crippen molar-refractivity contribution in [3.05, 3.63) is 27.8 Å². The maximum atomic E-state index is 10.0. The van der Waals surface area contributed by atoms with E-state index in [2.05, 4.69) is 27.8 Å². The molecular formula is C16H21BrClNO3. The lowest BCUT2D eigenvalue weighted by molar-refractivity contribution is -0.137. The van der Waals surface area contributed by atoms with Gasteiger partial charge in [0, 0.05) is 17.1 Å². The number of H-pyrrole nitrogens is 1. The molecule has 122 valence electrons. The minimum absolute atomic E-state index is 0.177. The van der Waals surface area contributed by atoms with Gasteiger partial charge in [-0.1, -0.05) is 44.2 Å². The summed E-state index contributed by atoms with van der Waals surface area (Å²) in [6, 6.07) is 3.69. The van der Waals surface area contributed by atoms with E-state index >= 15 is 0 Å². The van der Waals surface area contributed by atoms with Gasteiger partial charge in [-0.3, -0.25) is 4.79 Å². The van der Waals surface area contributed by atoms with Crippen LogP contribution in [0.25, 0.3) is 10.9 Å². The molecule has 0 atom stereocenters. The highest BCUT2D eigenvalue weighted by Gasteiger charge is 2.08. The molecule has 0 radical (unpaired) electrons. The van der Waals surface area contributed by atoms with E-state index < -0.39 is 5.97 Å². The first kappa shape index (κ1) is 18.8. The van der Waals surface area contributed by atoms with Gasteiger partial charge < -0.3 is 15.2 Å². The molecule has 0 amide bonds. The second-order valence-electron chi connectivity index (χ2n) is 5.02. The molecule has 0 aliphatic carbocycles. The number of unbranched alkanes of at least 4 members (excludes halogenated alkanes) is 4. The number of aliphatic carboxylic acids is 1. The average Bonchev–Trinajstić information content (AvgIpc) is 2.85. The molecule has 0 saturated heterocycles. The van der Waals surface area contributed by atoms with Gasteiger partial charge in [-0.25, -0.2) is 0 Å². The first-order valence-electron chi connectivity index (χ1n) is 7.33. The topological polar surface area (TPSA) is 73.3 Å². The van der Waals surface area contributed by atoms with Gasteiger partial charge >= 0.3 is 5.97 Å². The number of aromatic hydroxyl groups is 1. The molecule has 0 bridgehead atoms. The lowest BCUT2D eigenvalue weighted by atomic mass is 10.1. The first-order valence-corrected chi connectivity index (χ1v) is 8.50. The third-order valence-corrected chi connectivity index (χ3v) is 4.49. The largest absolute Gasteiger partial charge is 0.506 e. The Morgan fingerprint density at radius 1 is 1.27 bits per heavy atom. The van der Waals surface area contributed by atoms with Crippen molar-refractivity contribution in [2.45, 2.75) is 45.4 Å². The molecule has 1 aromatic carbocycles. The summed E-state index contributed by atoms with van der Waals surface area (Å²) in [4.78, 5) is 12.9. The number of aromatic nitrogens is 1. The van der Waals surface area contributed by atoms with Crippen molar-refractivity contribution in [3.8, 4) is 5.75 Å². The van der Waals surface area contributed by atoms with Gasteiger partial charge in [0.15, 0.2) is 0 Å². The molecule has 4 nitrogen and oxygen atoms in total. The third kappa shape index (κ3) is 5.89. The maximum Gasteiger partial charge on any atom is 0.303 e. The zero-order valence-electron chi connectivity index (χ0n) is 12.5. The monoisotopic (exact) mass is 389 g/mol. The maximum absolute atomic E-state index is 10.0. The van der Waals surface area contributed by atoms with Crippen LogP contribution in [0.2, 0.25) is 5.02 Å². The van der Waals surface area contributed by atoms with Crippen molar-refractivity contribution in [2.75, 3.05) is 0 Å². The molecule has 1 aromatic heterocycles. The predicted molar refractivity (Wildman–Crippen MR) is 93.7 cm³/mol. The smallest absolute Gasteiger partial charge is 0.303 e. The first-order chi connectivity index (χ1) is 10.5. The summed E-state index contributed by atoms with van der Waals surface area (Å²) in [6.45, 7) is 2.15. The van der Waals surface area contributed by atoms with Crippen molar-refractivity contribution in [3.63, 3.8) is 0 Å². The summed E-state index contributed by atoms with van der Waals surface area (Å²) >= 11 is 9.22. The quantitative estimate of drug-likeness (QED) is 0.552. The van der Waals surface area contributed by atoms with Crippen molar-refractivity contribution >= 4 is 44.4 Å². The van der Waals surface area contributed by atoms with Crippen molar-refractivity contribution < 1.29 is 15.0 Å². The number of carboxylic acids is 1. The van der Waals surface area contributed by atoms with Crippen molar-refractivity contribution in [1.82, 2.24) is 4.98 Å². The second-order valence-corrected chi connectivity index (χ2v) is 6.25. The lowest BCUT2D eigenvalue weighted by Crippen LogP contribution is -1.93. The molecule has 2 aromatic rings. The number of carbonyl (C=O) groups is 1. The standard InChI is InChI=1S/C8H5BrClNO.C8H16O2/c9-4-1-2-5-7(8(4)10)6(12)3-11-5;1-2-3-4-5-6-7-8(9)10/h1-3,11-12H;2-7H2,1H3,(H,9,10). The minimum atomic E-state index is -0.670. The van der Waals surface area contributed by atoms with Gasteiger partial charge in [0.05, 0.1) is 15.9 Å². The Morgan fingerprint density at radius 3 is 2.59 bits per heavy atom. The van der Waals surface area contributed by atoms with Crippen LogP contribution in [0.4, 0.5) is 0 Å². The molecule has 6 heteroatoms. The number of carboxylic acid groups (broad SMARTS) is 1. The van der Waals surface area contributed by atoms with Gasteiger partial charge in [0.2, 0.25) is 0 Å². The summed E-state index contributed by atoms with van der Waals surface area (Å²) < 4.78 is 0.784. The highest BCUT2D eigenvalue weighted by molar-refractivity contribution is 9.10. The number of halogens is 2. The number of aromatic amines is 1. The fraction of sp³-hybridized carbons (Fsp3) is 0.438. The van der Waals surface area contributed by atoms with E-state index in [-0.39, 0.29) is 5.75 Å². The molecule has 0 spiro atoms. The number of fused-ring (bicyclic) bond motifs is 1. The highest BCUT2D eigenvalue weighted by Crippen LogP contribution is 2.35. The van der Waals surface area contributed by atoms with Crippen molar-refractivity contribution in [2.24, 2.45) is 0 Å². The lowest BCUT2D eigenvalue weighted by Gasteiger charge is -1.97. The third-order valence-electron chi connectivity index (χ3n) is 3.21. The summed E-state index contributed by atoms with van der Waals surface area (Å²) in [6.07, 6.45) is 7.40. The number of nitrogens with one attached hydrogen (secondary N) is 1. The molecule has 0 fully saturated rings. The molecule has 0 aliphatic heterocycles.